The van der Waals surface area contributed by atoms with Crippen molar-refractivity contribution in [2.24, 2.45) is 11.2 Å². The van der Waals surface area contributed by atoms with E-state index in [4.69, 9.17) is 0 Å². The zero-order chi connectivity index (χ0) is 11.5. The summed E-state index contributed by atoms with van der Waals surface area (Å²) in [5.41, 5.74) is 0. The van der Waals surface area contributed by atoms with Crippen LogP contribution in [0.2, 0.25) is 0 Å². The molecule has 1 amide bonds. The van der Waals surface area contributed by atoms with Crippen LogP contribution in [0.1, 0.15) is 6.42 Å². The van der Waals surface area contributed by atoms with Crippen LogP contribution in [-0.2, 0) is 4.79 Å². The molecule has 0 radical (unpaired) electrons. The number of nitrogens with zero attached hydrogens (tertiary/aromatic N) is 2. The Morgan fingerprint density at radius 2 is 2.20 bits per heavy atom. The summed E-state index contributed by atoms with van der Waals surface area (Å²) in [6.07, 6.45) is -4.05. The van der Waals surface area contributed by atoms with E-state index in [0.717, 1.165) is 5.01 Å². The Labute approximate surface area is 83.6 Å². The molecular weight excluding hydrogens is 215 g/mol. The Kier molecular flexibility index (Phi) is 3.48. The molecule has 1 saturated heterocycles. The van der Waals surface area contributed by atoms with E-state index in [-0.39, 0.29) is 6.54 Å². The molecule has 1 atom stereocenters. The second-order valence-electron chi connectivity index (χ2n) is 3.31. The largest absolute Gasteiger partial charge is 0.405 e. The Bertz CT molecular complexity index is 256. The maximum Gasteiger partial charge on any atom is 0.405 e. The first-order chi connectivity index (χ1) is 6.92. The van der Waals surface area contributed by atoms with E-state index in [1.165, 1.54) is 0 Å². The molecule has 0 bridgehead atoms. The fourth-order valence-electron chi connectivity index (χ4n) is 1.36. The number of nitrogens with one attached hydrogen (secondary N) is 1. The van der Waals surface area contributed by atoms with Gasteiger partial charge in [-0.1, -0.05) is 0 Å². The Morgan fingerprint density at radius 1 is 1.53 bits per heavy atom. The van der Waals surface area contributed by atoms with Crippen molar-refractivity contribution in [1.82, 2.24) is 10.3 Å². The van der Waals surface area contributed by atoms with Crippen molar-refractivity contribution in [1.29, 1.82) is 0 Å². The van der Waals surface area contributed by atoms with Crippen molar-refractivity contribution in [3.63, 3.8) is 0 Å². The minimum atomic E-state index is -4.41. The molecule has 1 heterocycles. The molecule has 0 aromatic rings. The van der Waals surface area contributed by atoms with Gasteiger partial charge in [0, 0.05) is 6.54 Å². The van der Waals surface area contributed by atoms with Crippen molar-refractivity contribution in [2.45, 2.75) is 12.6 Å². The number of carbonyl (C=O) groups is 1. The number of halogens is 3. The fourth-order valence-corrected chi connectivity index (χ4v) is 1.36. The maximum atomic E-state index is 11.8. The predicted molar refractivity (Wildman–Crippen MR) is 44.5 cm³/mol. The molecule has 0 spiro atoms. The molecule has 8 heteroatoms. The molecule has 1 fully saturated rings. The Morgan fingerprint density at radius 3 is 2.67 bits per heavy atom. The molecule has 15 heavy (non-hydrogen) atoms. The summed E-state index contributed by atoms with van der Waals surface area (Å²) in [4.78, 5) is 21.2. The Hall–Kier alpha value is -1.34. The lowest BCUT2D eigenvalue weighted by atomic mass is 10.1. The zero-order valence-electron chi connectivity index (χ0n) is 7.75. The van der Waals surface area contributed by atoms with E-state index in [9.17, 15) is 22.9 Å². The van der Waals surface area contributed by atoms with Gasteiger partial charge in [0.05, 0.1) is 17.7 Å². The van der Waals surface area contributed by atoms with Gasteiger partial charge in [0.1, 0.15) is 6.54 Å². The van der Waals surface area contributed by atoms with E-state index >= 15 is 0 Å². The van der Waals surface area contributed by atoms with E-state index in [1.807, 2.05) is 0 Å². The zero-order valence-corrected chi connectivity index (χ0v) is 7.75. The summed E-state index contributed by atoms with van der Waals surface area (Å²) in [5.74, 6) is -1.26. The highest BCUT2D eigenvalue weighted by Crippen LogP contribution is 2.17. The van der Waals surface area contributed by atoms with Crippen LogP contribution in [0.5, 0.6) is 0 Å². The highest BCUT2D eigenvalue weighted by molar-refractivity contribution is 5.79. The summed E-state index contributed by atoms with van der Waals surface area (Å²) in [6.45, 7) is -0.933. The molecular formula is C7H10F3N3O2. The van der Waals surface area contributed by atoms with Crippen LogP contribution < -0.4 is 5.32 Å². The fraction of sp³-hybridized carbons (Fsp3) is 0.857. The van der Waals surface area contributed by atoms with Gasteiger partial charge in [-0.05, 0) is 6.42 Å². The number of rotatable bonds is 3. The van der Waals surface area contributed by atoms with Crippen molar-refractivity contribution in [2.75, 3.05) is 19.6 Å². The van der Waals surface area contributed by atoms with Crippen LogP contribution >= 0.6 is 0 Å². The average molecular weight is 225 g/mol. The SMILES string of the molecule is O=NN1CCC(C(=O)NCC(F)(F)F)C1. The first kappa shape index (κ1) is 11.7. The monoisotopic (exact) mass is 225 g/mol. The van der Waals surface area contributed by atoms with Crippen molar-refractivity contribution in [3.05, 3.63) is 4.91 Å². The van der Waals surface area contributed by atoms with Gasteiger partial charge in [-0.2, -0.15) is 13.2 Å². The number of nitroso groups, excluding NO2 is 1. The number of hydrogen-bond acceptors (Lipinski definition) is 3. The molecule has 0 aromatic heterocycles. The van der Waals surface area contributed by atoms with Crippen molar-refractivity contribution >= 4 is 5.91 Å². The number of amides is 1. The molecule has 5 nitrogen and oxygen atoms in total. The first-order valence-electron chi connectivity index (χ1n) is 4.35. The highest BCUT2D eigenvalue weighted by Gasteiger charge is 2.32. The van der Waals surface area contributed by atoms with Crippen molar-refractivity contribution in [3.8, 4) is 0 Å². The van der Waals surface area contributed by atoms with E-state index < -0.39 is 24.5 Å². The number of carbonyl (C=O) groups excluding carboxylic acids is 1. The third-order valence-corrected chi connectivity index (χ3v) is 2.12. The summed E-state index contributed by atoms with van der Waals surface area (Å²) in [6, 6.07) is 0. The smallest absolute Gasteiger partial charge is 0.347 e. The normalized spacial score (nSPS) is 21.5. The van der Waals surface area contributed by atoms with Crippen LogP contribution in [0.15, 0.2) is 5.29 Å². The number of alkyl halides is 3. The molecule has 86 valence electrons. The van der Waals surface area contributed by atoms with E-state index in [1.54, 1.807) is 5.32 Å². The Balaban J connectivity index is 2.33. The van der Waals surface area contributed by atoms with Gasteiger partial charge in [-0.3, -0.25) is 9.80 Å². The lowest BCUT2D eigenvalue weighted by molar-refractivity contribution is -0.140. The molecule has 0 aliphatic carbocycles. The predicted octanol–water partition coefficient (Wildman–Crippen LogP) is 0.668. The summed E-state index contributed by atoms with van der Waals surface area (Å²) in [5, 5.41) is 5.51. The second-order valence-corrected chi connectivity index (χ2v) is 3.31. The maximum absolute atomic E-state index is 11.8. The lowest BCUT2D eigenvalue weighted by Crippen LogP contribution is -2.38. The van der Waals surface area contributed by atoms with Gasteiger partial charge >= 0.3 is 6.18 Å². The van der Waals surface area contributed by atoms with Gasteiger partial charge in [0.15, 0.2) is 0 Å². The van der Waals surface area contributed by atoms with Crippen LogP contribution in [0.3, 0.4) is 0 Å². The van der Waals surface area contributed by atoms with Crippen molar-refractivity contribution < 1.29 is 18.0 Å². The third kappa shape index (κ3) is 3.72. The molecule has 0 saturated carbocycles. The quantitative estimate of drug-likeness (QED) is 0.718. The van der Waals surface area contributed by atoms with Gasteiger partial charge in [-0.15, -0.1) is 4.91 Å². The topological polar surface area (TPSA) is 61.8 Å². The van der Waals surface area contributed by atoms with Crippen LogP contribution in [0.25, 0.3) is 0 Å². The lowest BCUT2D eigenvalue weighted by Gasteiger charge is -2.12. The van der Waals surface area contributed by atoms with E-state index in [0.29, 0.717) is 13.0 Å². The average Bonchev–Trinajstić information content (AvgIpc) is 2.61. The standard InChI is InChI=1S/C7H10F3N3O2/c8-7(9,10)4-11-6(14)5-1-2-13(3-5)12-15/h5H,1-4H2,(H,11,14). The molecule has 1 unspecified atom stereocenters. The molecule has 0 aromatic carbocycles. The minimum absolute atomic E-state index is 0.0905. The molecule has 1 aliphatic heterocycles. The summed E-state index contributed by atoms with van der Waals surface area (Å²) < 4.78 is 35.3. The van der Waals surface area contributed by atoms with Crippen LogP contribution in [-0.4, -0.2) is 36.7 Å². The van der Waals surface area contributed by atoms with Gasteiger partial charge in [-0.25, -0.2) is 0 Å². The summed E-state index contributed by atoms with van der Waals surface area (Å²) in [7, 11) is 0. The van der Waals surface area contributed by atoms with Gasteiger partial charge in [0.25, 0.3) is 0 Å². The molecule has 1 N–H and O–H groups in total. The van der Waals surface area contributed by atoms with Gasteiger partial charge < -0.3 is 5.32 Å². The highest BCUT2D eigenvalue weighted by atomic mass is 19.4. The second kappa shape index (κ2) is 4.45. The summed E-state index contributed by atoms with van der Waals surface area (Å²) >= 11 is 0. The molecule has 1 rings (SSSR count). The first-order valence-corrected chi connectivity index (χ1v) is 4.35. The molecule has 1 aliphatic rings. The minimum Gasteiger partial charge on any atom is -0.347 e. The number of hydrogen-bond donors (Lipinski definition) is 1. The van der Waals surface area contributed by atoms with Gasteiger partial charge in [0.2, 0.25) is 5.91 Å². The van der Waals surface area contributed by atoms with Crippen LogP contribution in [0.4, 0.5) is 13.2 Å². The van der Waals surface area contributed by atoms with Crippen LogP contribution in [0, 0.1) is 10.8 Å². The van der Waals surface area contributed by atoms with E-state index in [2.05, 4.69) is 5.29 Å². The third-order valence-electron chi connectivity index (χ3n) is 2.12.